The monoisotopic (exact) mass is 264 g/mol. The van der Waals surface area contributed by atoms with E-state index in [0.29, 0.717) is 6.10 Å². The van der Waals surface area contributed by atoms with Gasteiger partial charge < -0.3 is 4.52 Å². The third kappa shape index (κ3) is 1.53. The molecule has 0 radical (unpaired) electrons. The van der Waals surface area contributed by atoms with E-state index in [0.717, 1.165) is 35.5 Å². The van der Waals surface area contributed by atoms with E-state index in [4.69, 9.17) is 4.52 Å². The summed E-state index contributed by atoms with van der Waals surface area (Å²) in [4.78, 5) is 0. The maximum absolute atomic E-state index is 6.50. The Kier molecular flexibility index (Phi) is 2.86. The minimum Gasteiger partial charge on any atom is -0.356 e. The van der Waals surface area contributed by atoms with Crippen LogP contribution in [-0.4, -0.2) is 18.4 Å². The van der Waals surface area contributed by atoms with Gasteiger partial charge in [0.05, 0.1) is 6.10 Å². The molecule has 4 rings (SSSR count). The van der Waals surface area contributed by atoms with Crippen molar-refractivity contribution in [3.05, 3.63) is 12.2 Å². The molecule has 100 valence electrons. The first-order chi connectivity index (χ1) is 8.81. The fourth-order valence-electron chi connectivity index (χ4n) is 5.64. The molecule has 4 aliphatic carbocycles. The molecule has 0 aromatic rings. The molecular formula is C16H25OP. The van der Waals surface area contributed by atoms with Crippen LogP contribution in [0.2, 0.25) is 0 Å². The Bertz CT molecular complexity index is 362. The molecule has 7 unspecified atom stereocenters. The van der Waals surface area contributed by atoms with Gasteiger partial charge in [-0.3, -0.25) is 0 Å². The minimum absolute atomic E-state index is 0.122. The molecule has 0 amide bonds. The van der Waals surface area contributed by atoms with Crippen LogP contribution in [0.1, 0.15) is 33.1 Å². The predicted molar refractivity (Wildman–Crippen MR) is 76.8 cm³/mol. The molecule has 0 heterocycles. The van der Waals surface area contributed by atoms with E-state index in [1.165, 1.54) is 31.6 Å². The molecule has 0 saturated heterocycles. The highest BCUT2D eigenvalue weighted by Crippen LogP contribution is 2.66. The Hall–Kier alpha value is 0.130. The van der Waals surface area contributed by atoms with Gasteiger partial charge in [0.2, 0.25) is 0 Å². The highest BCUT2D eigenvalue weighted by molar-refractivity contribution is 7.52. The predicted octanol–water partition coefficient (Wildman–Crippen LogP) is 4.29. The molecule has 0 aromatic heterocycles. The first kappa shape index (κ1) is 11.9. The molecule has 4 aliphatic rings. The lowest BCUT2D eigenvalue weighted by atomic mass is 9.72. The standard InChI is InChI=1S/C16H25OP/c1-3-18(4-2)17-14-9-12-8-13(14)16-11-6-5-10(7-11)15(12)16/h5-6,10-16H,3-4,7-9H2,1-2H3. The van der Waals surface area contributed by atoms with E-state index in [2.05, 4.69) is 26.0 Å². The van der Waals surface area contributed by atoms with Crippen molar-refractivity contribution in [3.8, 4) is 0 Å². The molecule has 4 bridgehead atoms. The summed E-state index contributed by atoms with van der Waals surface area (Å²) >= 11 is 0. The fourth-order valence-corrected chi connectivity index (χ4v) is 7.01. The SMILES string of the molecule is CCP(CC)OC1CC2CC1C1C3C=CC(C3)C21. The summed E-state index contributed by atoms with van der Waals surface area (Å²) < 4.78 is 6.50. The van der Waals surface area contributed by atoms with E-state index in [9.17, 15) is 0 Å². The van der Waals surface area contributed by atoms with Crippen LogP contribution in [0, 0.1) is 35.5 Å². The van der Waals surface area contributed by atoms with Gasteiger partial charge in [-0.2, -0.15) is 0 Å². The van der Waals surface area contributed by atoms with Gasteiger partial charge >= 0.3 is 0 Å². The second-order valence-corrected chi connectivity index (χ2v) is 9.20. The van der Waals surface area contributed by atoms with Crippen molar-refractivity contribution in [1.82, 2.24) is 0 Å². The Labute approximate surface area is 112 Å². The molecule has 2 heteroatoms. The summed E-state index contributed by atoms with van der Waals surface area (Å²) in [5.41, 5.74) is 0. The number of fused-ring (bicyclic) bond motifs is 9. The van der Waals surface area contributed by atoms with Crippen molar-refractivity contribution in [3.63, 3.8) is 0 Å². The topological polar surface area (TPSA) is 9.23 Å². The summed E-state index contributed by atoms with van der Waals surface area (Å²) in [5, 5.41) is 0. The van der Waals surface area contributed by atoms with Crippen molar-refractivity contribution in [1.29, 1.82) is 0 Å². The van der Waals surface area contributed by atoms with Crippen LogP contribution in [-0.2, 0) is 4.52 Å². The van der Waals surface area contributed by atoms with Gasteiger partial charge in [0.15, 0.2) is 0 Å². The highest BCUT2D eigenvalue weighted by atomic mass is 31.1. The molecule has 0 aromatic carbocycles. The molecule has 0 spiro atoms. The van der Waals surface area contributed by atoms with Crippen molar-refractivity contribution in [2.75, 3.05) is 12.3 Å². The first-order valence-corrected chi connectivity index (χ1v) is 9.54. The minimum atomic E-state index is -0.122. The highest BCUT2D eigenvalue weighted by Gasteiger charge is 2.61. The molecule has 1 nitrogen and oxygen atoms in total. The maximum atomic E-state index is 6.50. The van der Waals surface area contributed by atoms with Crippen molar-refractivity contribution >= 4 is 8.15 Å². The van der Waals surface area contributed by atoms with Gasteiger partial charge in [-0.25, -0.2) is 0 Å². The van der Waals surface area contributed by atoms with Crippen LogP contribution < -0.4 is 0 Å². The Morgan fingerprint density at radius 1 is 1.00 bits per heavy atom. The summed E-state index contributed by atoms with van der Waals surface area (Å²) in [7, 11) is -0.122. The van der Waals surface area contributed by atoms with Crippen LogP contribution in [0.3, 0.4) is 0 Å². The van der Waals surface area contributed by atoms with Crippen molar-refractivity contribution < 1.29 is 4.52 Å². The molecule has 18 heavy (non-hydrogen) atoms. The number of hydrogen-bond acceptors (Lipinski definition) is 1. The maximum Gasteiger partial charge on any atom is 0.0651 e. The molecule has 0 aliphatic heterocycles. The number of rotatable bonds is 4. The third-order valence-electron chi connectivity index (χ3n) is 6.20. The van der Waals surface area contributed by atoms with Crippen molar-refractivity contribution in [2.24, 2.45) is 35.5 Å². The Morgan fingerprint density at radius 3 is 2.44 bits per heavy atom. The zero-order valence-corrected chi connectivity index (χ0v) is 12.5. The lowest BCUT2D eigenvalue weighted by Gasteiger charge is -2.37. The van der Waals surface area contributed by atoms with E-state index < -0.39 is 0 Å². The van der Waals surface area contributed by atoms with Gasteiger partial charge in [0.1, 0.15) is 0 Å². The van der Waals surface area contributed by atoms with Crippen molar-refractivity contribution in [2.45, 2.75) is 39.2 Å². The van der Waals surface area contributed by atoms with Gasteiger partial charge in [0.25, 0.3) is 0 Å². The van der Waals surface area contributed by atoms with Gasteiger partial charge in [0, 0.05) is 8.15 Å². The van der Waals surface area contributed by atoms with E-state index in [-0.39, 0.29) is 8.15 Å². The second-order valence-electron chi connectivity index (χ2n) is 6.76. The molecule has 7 atom stereocenters. The van der Waals surface area contributed by atoms with Crippen LogP contribution in [0.15, 0.2) is 12.2 Å². The second kappa shape index (κ2) is 4.32. The average molecular weight is 264 g/mol. The van der Waals surface area contributed by atoms with E-state index >= 15 is 0 Å². The van der Waals surface area contributed by atoms with Crippen LogP contribution in [0.25, 0.3) is 0 Å². The zero-order valence-electron chi connectivity index (χ0n) is 11.6. The lowest BCUT2D eigenvalue weighted by molar-refractivity contribution is 0.0755. The summed E-state index contributed by atoms with van der Waals surface area (Å²) in [6, 6.07) is 0. The number of allylic oxidation sites excluding steroid dienone is 2. The molecule has 3 fully saturated rings. The third-order valence-corrected chi connectivity index (χ3v) is 8.18. The van der Waals surface area contributed by atoms with Gasteiger partial charge in [-0.1, -0.05) is 26.0 Å². The molecule has 0 N–H and O–H groups in total. The molecular weight excluding hydrogens is 239 g/mol. The quantitative estimate of drug-likeness (QED) is 0.418. The lowest BCUT2D eigenvalue weighted by Crippen LogP contribution is -2.34. The smallest absolute Gasteiger partial charge is 0.0651 e. The van der Waals surface area contributed by atoms with Gasteiger partial charge in [-0.05, 0) is 67.1 Å². The summed E-state index contributed by atoms with van der Waals surface area (Å²) in [6.07, 6.45) is 12.6. The fraction of sp³-hybridized carbons (Fsp3) is 0.875. The normalized spacial score (nSPS) is 51.6. The first-order valence-electron chi connectivity index (χ1n) is 7.91. The van der Waals surface area contributed by atoms with Gasteiger partial charge in [-0.15, -0.1) is 0 Å². The summed E-state index contributed by atoms with van der Waals surface area (Å²) in [5.74, 6) is 5.87. The molecule has 3 saturated carbocycles. The largest absolute Gasteiger partial charge is 0.356 e. The van der Waals surface area contributed by atoms with Crippen LogP contribution in [0.4, 0.5) is 0 Å². The van der Waals surface area contributed by atoms with Crippen LogP contribution >= 0.6 is 8.15 Å². The van der Waals surface area contributed by atoms with Crippen LogP contribution in [0.5, 0.6) is 0 Å². The Morgan fingerprint density at radius 2 is 1.72 bits per heavy atom. The van der Waals surface area contributed by atoms with E-state index in [1.807, 2.05) is 0 Å². The Balaban J connectivity index is 1.50. The average Bonchev–Trinajstić information content (AvgIpc) is 3.12. The van der Waals surface area contributed by atoms with E-state index in [1.54, 1.807) is 0 Å². The zero-order chi connectivity index (χ0) is 12.3. The number of hydrogen-bond donors (Lipinski definition) is 0. The summed E-state index contributed by atoms with van der Waals surface area (Å²) in [6.45, 7) is 4.59.